The van der Waals surface area contributed by atoms with Gasteiger partial charge in [-0.25, -0.2) is 4.98 Å². The molecule has 2 rings (SSSR count). The van der Waals surface area contributed by atoms with E-state index in [2.05, 4.69) is 15.6 Å². The third-order valence-electron chi connectivity index (χ3n) is 2.54. The summed E-state index contributed by atoms with van der Waals surface area (Å²) in [6, 6.07) is 4.89. The van der Waals surface area contributed by atoms with Gasteiger partial charge >= 0.3 is 0 Å². The number of halogens is 1. The summed E-state index contributed by atoms with van der Waals surface area (Å²) in [6.45, 7) is 0.415. The molecular weight excluding hydrogens is 242 g/mol. The summed E-state index contributed by atoms with van der Waals surface area (Å²) in [5.74, 6) is -0.251. The van der Waals surface area contributed by atoms with Gasteiger partial charge in [-0.15, -0.1) is 0 Å². The Balaban J connectivity index is 1.87. The molecule has 2 amide bonds. The second kappa shape index (κ2) is 5.14. The average Bonchev–Trinajstić information content (AvgIpc) is 2.72. The van der Waals surface area contributed by atoms with E-state index in [0.717, 1.165) is 6.42 Å². The third kappa shape index (κ3) is 3.17. The highest BCUT2D eigenvalue weighted by Gasteiger charge is 2.21. The maximum Gasteiger partial charge on any atom is 0.270 e. The van der Waals surface area contributed by atoms with E-state index >= 15 is 0 Å². The number of carbonyl (C=O) groups is 2. The number of hydrogen-bond acceptors (Lipinski definition) is 3. The summed E-state index contributed by atoms with van der Waals surface area (Å²) in [4.78, 5) is 26.5. The fourth-order valence-corrected chi connectivity index (χ4v) is 1.84. The molecule has 1 saturated heterocycles. The van der Waals surface area contributed by atoms with Gasteiger partial charge in [0.05, 0.1) is 0 Å². The van der Waals surface area contributed by atoms with Gasteiger partial charge in [-0.2, -0.15) is 0 Å². The maximum atomic E-state index is 11.7. The lowest BCUT2D eigenvalue weighted by Crippen LogP contribution is -2.38. The number of nitrogens with one attached hydrogen (secondary N) is 2. The molecule has 17 heavy (non-hydrogen) atoms. The molecule has 0 bridgehead atoms. The lowest BCUT2D eigenvalue weighted by molar-refractivity contribution is -0.119. The first-order valence-corrected chi connectivity index (χ1v) is 5.73. The molecule has 6 heteroatoms. The van der Waals surface area contributed by atoms with Crippen LogP contribution in [0.25, 0.3) is 0 Å². The normalized spacial score (nSPS) is 18.9. The minimum atomic E-state index is -0.284. The van der Waals surface area contributed by atoms with E-state index in [4.69, 9.17) is 11.6 Å². The van der Waals surface area contributed by atoms with E-state index in [-0.39, 0.29) is 28.7 Å². The molecule has 1 aromatic heterocycles. The fraction of sp³-hybridized carbons (Fsp3) is 0.364. The highest BCUT2D eigenvalue weighted by atomic mass is 35.5. The second-order valence-corrected chi connectivity index (χ2v) is 4.25. The monoisotopic (exact) mass is 253 g/mol. The van der Waals surface area contributed by atoms with Crippen molar-refractivity contribution in [2.24, 2.45) is 0 Å². The van der Waals surface area contributed by atoms with Crippen LogP contribution in [0.3, 0.4) is 0 Å². The van der Waals surface area contributed by atoms with Crippen LogP contribution < -0.4 is 10.6 Å². The predicted octanol–water partition coefficient (Wildman–Crippen LogP) is 0.743. The molecule has 1 aliphatic heterocycles. The molecular formula is C11H12ClN3O2. The van der Waals surface area contributed by atoms with Gasteiger partial charge in [0.15, 0.2) is 0 Å². The number of hydrogen-bond donors (Lipinski definition) is 2. The molecule has 1 fully saturated rings. The van der Waals surface area contributed by atoms with Crippen molar-refractivity contribution in [3.63, 3.8) is 0 Å². The number of amides is 2. The largest absolute Gasteiger partial charge is 0.352 e. The number of pyridine rings is 1. The van der Waals surface area contributed by atoms with Crippen LogP contribution in [0, 0.1) is 0 Å². The first-order valence-electron chi connectivity index (χ1n) is 5.35. The van der Waals surface area contributed by atoms with Crippen molar-refractivity contribution in [2.45, 2.75) is 18.9 Å². The summed E-state index contributed by atoms with van der Waals surface area (Å²) >= 11 is 5.69. The van der Waals surface area contributed by atoms with Gasteiger partial charge in [0.2, 0.25) is 5.91 Å². The van der Waals surface area contributed by atoms with Crippen LogP contribution >= 0.6 is 11.6 Å². The van der Waals surface area contributed by atoms with E-state index in [1.54, 1.807) is 18.2 Å². The summed E-state index contributed by atoms with van der Waals surface area (Å²) in [6.07, 6.45) is 1.28. The minimum Gasteiger partial charge on any atom is -0.352 e. The third-order valence-corrected chi connectivity index (χ3v) is 2.75. The number of nitrogens with zero attached hydrogens (tertiary/aromatic N) is 1. The summed E-state index contributed by atoms with van der Waals surface area (Å²) in [7, 11) is 0. The molecule has 0 radical (unpaired) electrons. The summed E-state index contributed by atoms with van der Waals surface area (Å²) in [5.41, 5.74) is 0.279. The van der Waals surface area contributed by atoms with Crippen LogP contribution in [-0.4, -0.2) is 29.4 Å². The Morgan fingerprint density at radius 2 is 2.41 bits per heavy atom. The molecule has 1 atom stereocenters. The maximum absolute atomic E-state index is 11.7. The van der Waals surface area contributed by atoms with Gasteiger partial charge in [0, 0.05) is 19.0 Å². The van der Waals surface area contributed by atoms with Gasteiger partial charge in [-0.3, -0.25) is 9.59 Å². The Bertz CT molecular complexity index is 450. The minimum absolute atomic E-state index is 0.0191. The molecule has 5 nitrogen and oxygen atoms in total. The van der Waals surface area contributed by atoms with E-state index < -0.39 is 0 Å². The molecule has 2 heterocycles. The van der Waals surface area contributed by atoms with Crippen LogP contribution in [0.15, 0.2) is 18.2 Å². The molecule has 1 aliphatic rings. The van der Waals surface area contributed by atoms with E-state index in [1.165, 1.54) is 0 Å². The van der Waals surface area contributed by atoms with Crippen molar-refractivity contribution in [3.8, 4) is 0 Å². The lowest BCUT2D eigenvalue weighted by atomic mass is 10.2. The molecule has 0 aliphatic carbocycles. The van der Waals surface area contributed by atoms with Crippen molar-refractivity contribution >= 4 is 23.4 Å². The molecule has 2 N–H and O–H groups in total. The molecule has 0 spiro atoms. The molecule has 0 saturated carbocycles. The standard InChI is InChI=1S/C11H12ClN3O2/c12-9-3-1-2-8(15-9)11(17)13-6-7-4-5-10(16)14-7/h1-3,7H,4-6H2,(H,13,17)(H,14,16). The van der Waals surface area contributed by atoms with Gasteiger partial charge in [0.25, 0.3) is 5.91 Å². The van der Waals surface area contributed by atoms with Crippen molar-refractivity contribution in [1.29, 1.82) is 0 Å². The van der Waals surface area contributed by atoms with Crippen molar-refractivity contribution < 1.29 is 9.59 Å². The zero-order valence-electron chi connectivity index (χ0n) is 9.07. The molecule has 0 aromatic carbocycles. The van der Waals surface area contributed by atoms with Crippen LogP contribution in [0.4, 0.5) is 0 Å². The quantitative estimate of drug-likeness (QED) is 0.781. The Morgan fingerprint density at radius 3 is 3.06 bits per heavy atom. The van der Waals surface area contributed by atoms with Gasteiger partial charge in [-0.1, -0.05) is 17.7 Å². The van der Waals surface area contributed by atoms with Gasteiger partial charge in [-0.05, 0) is 18.6 Å². The SMILES string of the molecule is O=C1CCC(CNC(=O)c2cccc(Cl)n2)N1. The van der Waals surface area contributed by atoms with E-state index in [9.17, 15) is 9.59 Å². The van der Waals surface area contributed by atoms with Crippen LogP contribution in [-0.2, 0) is 4.79 Å². The van der Waals surface area contributed by atoms with Crippen LogP contribution in [0.5, 0.6) is 0 Å². The van der Waals surface area contributed by atoms with Crippen molar-refractivity contribution in [2.75, 3.05) is 6.54 Å². The van der Waals surface area contributed by atoms with E-state index in [1.807, 2.05) is 0 Å². The Labute approximate surface area is 104 Å². The number of aromatic nitrogens is 1. The predicted molar refractivity (Wildman–Crippen MR) is 62.7 cm³/mol. The van der Waals surface area contributed by atoms with Gasteiger partial charge < -0.3 is 10.6 Å². The fourth-order valence-electron chi connectivity index (χ4n) is 1.67. The van der Waals surface area contributed by atoms with Gasteiger partial charge in [0.1, 0.15) is 10.8 Å². The zero-order chi connectivity index (χ0) is 12.3. The van der Waals surface area contributed by atoms with E-state index in [0.29, 0.717) is 13.0 Å². The van der Waals surface area contributed by atoms with Crippen molar-refractivity contribution in [1.82, 2.24) is 15.6 Å². The second-order valence-electron chi connectivity index (χ2n) is 3.86. The highest BCUT2D eigenvalue weighted by Crippen LogP contribution is 2.07. The average molecular weight is 254 g/mol. The topological polar surface area (TPSA) is 71.1 Å². The van der Waals surface area contributed by atoms with Crippen LogP contribution in [0.1, 0.15) is 23.3 Å². The van der Waals surface area contributed by atoms with Crippen molar-refractivity contribution in [3.05, 3.63) is 29.0 Å². The number of rotatable bonds is 3. The Kier molecular flexibility index (Phi) is 3.58. The summed E-state index contributed by atoms with van der Waals surface area (Å²) < 4.78 is 0. The summed E-state index contributed by atoms with van der Waals surface area (Å²) in [5, 5.41) is 5.77. The number of carbonyl (C=O) groups excluding carboxylic acids is 2. The van der Waals surface area contributed by atoms with Crippen LogP contribution in [0.2, 0.25) is 5.15 Å². The first kappa shape index (κ1) is 11.9. The molecule has 90 valence electrons. The zero-order valence-corrected chi connectivity index (χ0v) is 9.83. The Hall–Kier alpha value is -1.62. The smallest absolute Gasteiger partial charge is 0.270 e. The molecule has 1 unspecified atom stereocenters. The molecule has 1 aromatic rings. The lowest BCUT2D eigenvalue weighted by Gasteiger charge is -2.10. The first-order chi connectivity index (χ1) is 8.15. The highest BCUT2D eigenvalue weighted by molar-refractivity contribution is 6.29. The Morgan fingerprint density at radius 1 is 1.59 bits per heavy atom.